The van der Waals surface area contributed by atoms with Gasteiger partial charge in [0.05, 0.1) is 0 Å². The van der Waals surface area contributed by atoms with Crippen LogP contribution in [0.2, 0.25) is 0 Å². The minimum absolute atomic E-state index is 0.0203. The molecule has 0 saturated carbocycles. The molecule has 0 bridgehead atoms. The zero-order valence-corrected chi connectivity index (χ0v) is 28.4. The molecule has 0 heterocycles. The van der Waals surface area contributed by atoms with Gasteiger partial charge in [-0.05, 0) is 90.8 Å². The van der Waals surface area contributed by atoms with Crippen LogP contribution in [0.25, 0.3) is 0 Å². The molecular formula is C36H40N2O11. The minimum Gasteiger partial charge on any atom is -0.457 e. The van der Waals surface area contributed by atoms with E-state index in [9.17, 15) is 38.4 Å². The van der Waals surface area contributed by atoms with Crippen molar-refractivity contribution < 1.29 is 52.6 Å². The zero-order chi connectivity index (χ0) is 36.3. The molecular weight excluding hydrogens is 636 g/mol. The van der Waals surface area contributed by atoms with E-state index in [1.54, 1.807) is 41.5 Å². The number of ketones is 6. The molecule has 260 valence electrons. The average molecular weight is 677 g/mol. The van der Waals surface area contributed by atoms with Crippen LogP contribution in [-0.4, -0.2) is 71.2 Å². The van der Waals surface area contributed by atoms with E-state index in [1.165, 1.54) is 36.4 Å². The minimum atomic E-state index is -1.49. The molecule has 2 N–H and O–H groups in total. The number of rotatable bonds is 12. The molecule has 2 aliphatic rings. The molecule has 2 unspecified atom stereocenters. The van der Waals surface area contributed by atoms with E-state index in [1.807, 2.05) is 0 Å². The lowest BCUT2D eigenvalue weighted by Crippen LogP contribution is -2.33. The molecule has 13 heteroatoms. The van der Waals surface area contributed by atoms with Crippen molar-refractivity contribution >= 4 is 46.9 Å². The van der Waals surface area contributed by atoms with Gasteiger partial charge in [-0.3, -0.25) is 28.8 Å². The Morgan fingerprint density at radius 2 is 0.918 bits per heavy atom. The number of benzene rings is 2. The maximum Gasteiger partial charge on any atom is 0.407 e. The van der Waals surface area contributed by atoms with Crippen LogP contribution in [0.3, 0.4) is 0 Å². The Morgan fingerprint density at radius 3 is 1.27 bits per heavy atom. The first-order chi connectivity index (χ1) is 22.9. The summed E-state index contributed by atoms with van der Waals surface area (Å²) < 4.78 is 16.1. The Kier molecular flexibility index (Phi) is 10.8. The molecule has 49 heavy (non-hydrogen) atoms. The molecule has 2 aromatic rings. The predicted molar refractivity (Wildman–Crippen MR) is 174 cm³/mol. The number of carbonyl (C=O) groups is 8. The Balaban J connectivity index is 1.34. The average Bonchev–Trinajstić information content (AvgIpc) is 3.39. The van der Waals surface area contributed by atoms with Crippen LogP contribution >= 0.6 is 0 Å². The zero-order valence-electron chi connectivity index (χ0n) is 28.4. The highest BCUT2D eigenvalue weighted by atomic mass is 16.6. The summed E-state index contributed by atoms with van der Waals surface area (Å²) in [7, 11) is 0. The molecule has 13 nitrogen and oxygen atoms in total. The van der Waals surface area contributed by atoms with Gasteiger partial charge >= 0.3 is 12.2 Å². The first-order valence-electron chi connectivity index (χ1n) is 16.0. The number of Topliss-reactive ketones (excluding diaryl/α,β-unsaturated/α-hetero) is 6. The third kappa shape index (κ3) is 9.04. The molecule has 0 radical (unpaired) electrons. The number of hydrogen-bond donors (Lipinski definition) is 2. The van der Waals surface area contributed by atoms with Gasteiger partial charge < -0.3 is 24.8 Å². The molecule has 2 amide bonds. The Labute approximate surface area is 283 Å². The maximum absolute atomic E-state index is 13.1. The normalized spacial score (nSPS) is 16.9. The van der Waals surface area contributed by atoms with Gasteiger partial charge in [0.2, 0.25) is 0 Å². The third-order valence-corrected chi connectivity index (χ3v) is 7.51. The second-order valence-corrected chi connectivity index (χ2v) is 13.8. The summed E-state index contributed by atoms with van der Waals surface area (Å²) in [6.45, 7) is 10.6. The van der Waals surface area contributed by atoms with Crippen molar-refractivity contribution in [3.8, 4) is 11.5 Å². The fourth-order valence-corrected chi connectivity index (χ4v) is 5.42. The first-order valence-corrected chi connectivity index (χ1v) is 16.0. The summed E-state index contributed by atoms with van der Waals surface area (Å²) in [6.07, 6.45) is -1.08. The SMILES string of the molecule is CC(C)(C)OC(=O)NCCCC(=O)C1C(=O)c2ccc(Oc3ccc4c(c3)C(=O)C(C(=O)CCCNC(=O)OC(C)(C)C)C4=O)cc2C1=O. The van der Waals surface area contributed by atoms with Crippen molar-refractivity contribution in [2.75, 3.05) is 13.1 Å². The van der Waals surface area contributed by atoms with Gasteiger partial charge in [-0.2, -0.15) is 0 Å². The summed E-state index contributed by atoms with van der Waals surface area (Å²) in [5.74, 6) is -6.36. The highest BCUT2D eigenvalue weighted by Gasteiger charge is 2.44. The molecule has 2 aliphatic carbocycles. The van der Waals surface area contributed by atoms with Crippen LogP contribution in [0, 0.1) is 11.8 Å². The Morgan fingerprint density at radius 1 is 0.571 bits per heavy atom. The molecule has 2 atom stereocenters. The predicted octanol–water partition coefficient (Wildman–Crippen LogP) is 5.22. The highest BCUT2D eigenvalue weighted by Crippen LogP contribution is 2.35. The number of fused-ring (bicyclic) bond motifs is 2. The van der Waals surface area contributed by atoms with E-state index in [4.69, 9.17) is 14.2 Å². The highest BCUT2D eigenvalue weighted by molar-refractivity contribution is 6.36. The van der Waals surface area contributed by atoms with E-state index >= 15 is 0 Å². The Bertz CT molecular complexity index is 1600. The first kappa shape index (κ1) is 36.6. The van der Waals surface area contributed by atoms with Crippen molar-refractivity contribution in [2.45, 2.75) is 78.4 Å². The monoisotopic (exact) mass is 676 g/mol. The van der Waals surface area contributed by atoms with E-state index in [-0.39, 0.29) is 72.5 Å². The van der Waals surface area contributed by atoms with E-state index in [2.05, 4.69) is 10.6 Å². The van der Waals surface area contributed by atoms with Gasteiger partial charge in [0, 0.05) is 48.2 Å². The van der Waals surface area contributed by atoms with Crippen LogP contribution < -0.4 is 15.4 Å². The van der Waals surface area contributed by atoms with E-state index < -0.39 is 69.9 Å². The van der Waals surface area contributed by atoms with Gasteiger partial charge in [0.1, 0.15) is 34.5 Å². The van der Waals surface area contributed by atoms with Gasteiger partial charge in [-0.15, -0.1) is 0 Å². The standard InChI is InChI=1S/C36H40N2O11/c1-35(2,3)48-33(45)37-15-7-9-25(39)27-29(41)21-13-11-19(17-23(21)31(27)43)47-20-12-14-22-24(18-20)32(44)28(30(22)42)26(40)10-8-16-38-34(46)49-36(4,5)6/h11-14,17-18,27-28H,7-10,15-16H2,1-6H3,(H,37,45)(H,38,46). The van der Waals surface area contributed by atoms with Crippen LogP contribution in [0.4, 0.5) is 9.59 Å². The molecule has 4 rings (SSSR count). The molecule has 0 fully saturated rings. The lowest BCUT2D eigenvalue weighted by Gasteiger charge is -2.19. The van der Waals surface area contributed by atoms with Crippen molar-refractivity contribution in [1.29, 1.82) is 0 Å². The molecule has 0 saturated heterocycles. The van der Waals surface area contributed by atoms with E-state index in [0.29, 0.717) is 0 Å². The quantitative estimate of drug-likeness (QED) is 0.222. The Hall–Kier alpha value is -5.20. The molecule has 2 aromatic carbocycles. The van der Waals surface area contributed by atoms with Crippen molar-refractivity contribution in [3.63, 3.8) is 0 Å². The number of carbonyl (C=O) groups excluding carboxylic acids is 8. The second-order valence-electron chi connectivity index (χ2n) is 13.8. The topological polar surface area (TPSA) is 188 Å². The maximum atomic E-state index is 13.1. The van der Waals surface area contributed by atoms with Crippen LogP contribution in [0.15, 0.2) is 36.4 Å². The van der Waals surface area contributed by atoms with Gasteiger partial charge in [0.25, 0.3) is 0 Å². The summed E-state index contributed by atoms with van der Waals surface area (Å²) in [6, 6.07) is 8.34. The van der Waals surface area contributed by atoms with E-state index in [0.717, 1.165) is 0 Å². The van der Waals surface area contributed by atoms with Crippen molar-refractivity contribution in [1.82, 2.24) is 10.6 Å². The summed E-state index contributed by atoms with van der Waals surface area (Å²) in [5, 5.41) is 5.06. The van der Waals surface area contributed by atoms with Crippen LogP contribution in [0.5, 0.6) is 11.5 Å². The summed E-state index contributed by atoms with van der Waals surface area (Å²) in [5.41, 5.74) is -1.15. The summed E-state index contributed by atoms with van der Waals surface area (Å²) >= 11 is 0. The van der Waals surface area contributed by atoms with Crippen LogP contribution in [-0.2, 0) is 19.1 Å². The van der Waals surface area contributed by atoms with Crippen LogP contribution in [0.1, 0.15) is 109 Å². The number of nitrogens with one attached hydrogen (secondary N) is 2. The molecule has 0 aromatic heterocycles. The lowest BCUT2D eigenvalue weighted by atomic mass is 9.95. The largest absolute Gasteiger partial charge is 0.457 e. The number of ether oxygens (including phenoxy) is 3. The van der Waals surface area contributed by atoms with Gasteiger partial charge in [-0.1, -0.05) is 0 Å². The number of amides is 2. The smallest absolute Gasteiger partial charge is 0.407 e. The fraction of sp³-hybridized carbons (Fsp3) is 0.444. The summed E-state index contributed by atoms with van der Waals surface area (Å²) in [4.78, 5) is 101. The molecule has 0 spiro atoms. The lowest BCUT2D eigenvalue weighted by molar-refractivity contribution is -0.121. The van der Waals surface area contributed by atoms with Gasteiger partial charge in [-0.25, -0.2) is 9.59 Å². The van der Waals surface area contributed by atoms with Gasteiger partial charge in [0.15, 0.2) is 34.7 Å². The molecule has 0 aliphatic heterocycles. The van der Waals surface area contributed by atoms with Crippen molar-refractivity contribution in [2.24, 2.45) is 11.8 Å². The van der Waals surface area contributed by atoms with Crippen molar-refractivity contribution in [3.05, 3.63) is 58.7 Å². The fourth-order valence-electron chi connectivity index (χ4n) is 5.42. The second kappa shape index (κ2) is 14.5. The third-order valence-electron chi connectivity index (χ3n) is 7.51. The number of hydrogen-bond acceptors (Lipinski definition) is 11. The number of alkyl carbamates (subject to hydrolysis) is 2.